The third-order valence-electron chi connectivity index (χ3n) is 6.56. The predicted octanol–water partition coefficient (Wildman–Crippen LogP) is 2.85. The number of likely N-dealkylation sites (tertiary alicyclic amines) is 1. The van der Waals surface area contributed by atoms with Gasteiger partial charge >= 0.3 is 6.09 Å². The number of nitrogens with two attached hydrogens (primary N) is 1. The molecule has 1 aliphatic rings. The van der Waals surface area contributed by atoms with Gasteiger partial charge in [0.25, 0.3) is 0 Å². The van der Waals surface area contributed by atoms with Gasteiger partial charge in [-0.1, -0.05) is 48.5 Å². The van der Waals surface area contributed by atoms with Gasteiger partial charge in [0.1, 0.15) is 12.6 Å². The number of fused-ring (bicyclic) bond motifs is 1. The molecular formula is C28H35N5O4. The summed E-state index contributed by atoms with van der Waals surface area (Å²) in [4.78, 5) is 43.7. The smallest absolute Gasteiger partial charge is 0.407 e. The van der Waals surface area contributed by atoms with E-state index in [2.05, 4.69) is 15.6 Å². The van der Waals surface area contributed by atoms with Crippen LogP contribution in [0, 0.1) is 0 Å². The number of amides is 3. The van der Waals surface area contributed by atoms with Gasteiger partial charge in [-0.25, -0.2) is 4.79 Å². The Kier molecular flexibility index (Phi) is 8.13. The van der Waals surface area contributed by atoms with Crippen molar-refractivity contribution in [1.82, 2.24) is 20.5 Å². The first-order valence-corrected chi connectivity index (χ1v) is 12.6. The molecule has 1 aliphatic heterocycles. The molecule has 0 radical (unpaired) electrons. The summed E-state index contributed by atoms with van der Waals surface area (Å²) in [5.74, 6) is -0.603. The van der Waals surface area contributed by atoms with E-state index in [1.54, 1.807) is 18.7 Å². The van der Waals surface area contributed by atoms with Gasteiger partial charge in [0, 0.05) is 42.7 Å². The number of aromatic nitrogens is 1. The van der Waals surface area contributed by atoms with Crippen LogP contribution in [-0.2, 0) is 27.4 Å². The van der Waals surface area contributed by atoms with E-state index < -0.39 is 23.6 Å². The Bertz CT molecular complexity index is 1230. The summed E-state index contributed by atoms with van der Waals surface area (Å²) in [6.45, 7) is 4.28. The number of piperidine rings is 1. The molecule has 2 heterocycles. The van der Waals surface area contributed by atoms with Gasteiger partial charge < -0.3 is 31.0 Å². The average molecular weight is 506 g/mol. The third-order valence-corrected chi connectivity index (χ3v) is 6.56. The molecule has 2 atom stereocenters. The molecule has 2 aromatic carbocycles. The van der Waals surface area contributed by atoms with Gasteiger partial charge in [-0.05, 0) is 43.9 Å². The lowest BCUT2D eigenvalue weighted by Crippen LogP contribution is -2.59. The quantitative estimate of drug-likeness (QED) is 0.374. The van der Waals surface area contributed by atoms with Crippen molar-refractivity contribution in [3.05, 3.63) is 71.9 Å². The Labute approximate surface area is 216 Å². The van der Waals surface area contributed by atoms with E-state index in [1.165, 1.54) is 0 Å². The fraction of sp³-hybridized carbons (Fsp3) is 0.393. The molecule has 37 heavy (non-hydrogen) atoms. The highest BCUT2D eigenvalue weighted by Crippen LogP contribution is 2.21. The number of H-pyrrole nitrogens is 1. The maximum absolute atomic E-state index is 13.7. The lowest BCUT2D eigenvalue weighted by atomic mass is 9.99. The highest BCUT2D eigenvalue weighted by molar-refractivity contribution is 5.92. The highest BCUT2D eigenvalue weighted by atomic mass is 16.5. The number of alkyl carbamates (subject to hydrolysis) is 1. The van der Waals surface area contributed by atoms with Crippen molar-refractivity contribution in [3.8, 4) is 0 Å². The van der Waals surface area contributed by atoms with E-state index >= 15 is 0 Å². The van der Waals surface area contributed by atoms with Crippen LogP contribution in [0.4, 0.5) is 4.79 Å². The summed E-state index contributed by atoms with van der Waals surface area (Å²) in [6.07, 6.45) is 3.13. The zero-order valence-electron chi connectivity index (χ0n) is 21.3. The zero-order valence-corrected chi connectivity index (χ0v) is 21.3. The monoisotopic (exact) mass is 505 g/mol. The van der Waals surface area contributed by atoms with Crippen molar-refractivity contribution in [2.24, 2.45) is 5.73 Å². The Balaban J connectivity index is 1.42. The molecule has 196 valence electrons. The Morgan fingerprint density at radius 1 is 1.14 bits per heavy atom. The molecule has 0 aliphatic carbocycles. The first-order valence-electron chi connectivity index (χ1n) is 12.6. The standard InChI is InChI=1S/C28H35N5O4/c1-28(2,29)26(35)32-24(15-20-16-30-23-13-7-6-12-22(20)23)25(34)33-14-8-11-21(17-33)31-27(36)37-18-19-9-4-3-5-10-19/h3-7,9-10,12-13,16,21,24,30H,8,11,14-15,17-18,29H2,1-2H3,(H,31,36)(H,32,35)/t21?,24-/m1/s1. The summed E-state index contributed by atoms with van der Waals surface area (Å²) in [7, 11) is 0. The Morgan fingerprint density at radius 2 is 1.86 bits per heavy atom. The number of benzene rings is 2. The van der Waals surface area contributed by atoms with Crippen molar-refractivity contribution >= 4 is 28.8 Å². The number of aromatic amines is 1. The lowest BCUT2D eigenvalue weighted by molar-refractivity contribution is -0.138. The molecule has 1 aromatic heterocycles. The summed E-state index contributed by atoms with van der Waals surface area (Å²) in [5.41, 5.74) is 7.67. The van der Waals surface area contributed by atoms with E-state index in [1.807, 2.05) is 60.8 Å². The second-order valence-electron chi connectivity index (χ2n) is 10.1. The number of rotatable bonds is 8. The van der Waals surface area contributed by atoms with Gasteiger partial charge in [0.15, 0.2) is 0 Å². The van der Waals surface area contributed by atoms with Crippen LogP contribution in [0.15, 0.2) is 60.8 Å². The normalized spacial score (nSPS) is 16.7. The topological polar surface area (TPSA) is 130 Å². The molecule has 9 heteroatoms. The van der Waals surface area contributed by atoms with Crippen LogP contribution in [0.5, 0.6) is 0 Å². The molecule has 0 saturated carbocycles. The van der Waals surface area contributed by atoms with Gasteiger partial charge in [-0.15, -0.1) is 0 Å². The van der Waals surface area contributed by atoms with Gasteiger partial charge in [0.05, 0.1) is 5.54 Å². The number of para-hydroxylation sites is 1. The van der Waals surface area contributed by atoms with Gasteiger partial charge in [-0.2, -0.15) is 0 Å². The number of ether oxygens (including phenoxy) is 1. The average Bonchev–Trinajstić information content (AvgIpc) is 3.29. The molecule has 3 aromatic rings. The Hall–Kier alpha value is -3.85. The summed E-state index contributed by atoms with van der Waals surface area (Å²) in [6, 6.07) is 16.3. The second kappa shape index (κ2) is 11.5. The van der Waals surface area contributed by atoms with Crippen LogP contribution >= 0.6 is 0 Å². The number of carbonyl (C=O) groups is 3. The molecule has 0 bridgehead atoms. The van der Waals surface area contributed by atoms with Crippen LogP contribution in [0.2, 0.25) is 0 Å². The molecule has 4 rings (SSSR count). The number of hydrogen-bond acceptors (Lipinski definition) is 5. The van der Waals surface area contributed by atoms with Gasteiger partial charge in [0.2, 0.25) is 11.8 Å². The predicted molar refractivity (Wildman–Crippen MR) is 142 cm³/mol. The minimum absolute atomic E-state index is 0.176. The molecule has 1 fully saturated rings. The van der Waals surface area contributed by atoms with Crippen LogP contribution in [0.3, 0.4) is 0 Å². The number of carbonyl (C=O) groups excluding carboxylic acids is 3. The van der Waals surface area contributed by atoms with Crippen LogP contribution in [0.25, 0.3) is 10.9 Å². The van der Waals surface area contributed by atoms with E-state index in [9.17, 15) is 14.4 Å². The molecule has 3 amide bonds. The lowest BCUT2D eigenvalue weighted by Gasteiger charge is -2.35. The Morgan fingerprint density at radius 3 is 2.62 bits per heavy atom. The van der Waals surface area contributed by atoms with E-state index in [-0.39, 0.29) is 18.6 Å². The fourth-order valence-electron chi connectivity index (χ4n) is 4.51. The van der Waals surface area contributed by atoms with E-state index in [4.69, 9.17) is 10.5 Å². The van der Waals surface area contributed by atoms with Crippen molar-refractivity contribution in [2.75, 3.05) is 13.1 Å². The maximum atomic E-state index is 13.7. The van der Waals surface area contributed by atoms with Gasteiger partial charge in [-0.3, -0.25) is 9.59 Å². The van der Waals surface area contributed by atoms with E-state index in [0.29, 0.717) is 19.5 Å². The van der Waals surface area contributed by atoms with Crippen molar-refractivity contribution in [2.45, 2.75) is 57.3 Å². The first-order chi connectivity index (χ1) is 17.7. The minimum atomic E-state index is -1.13. The first kappa shape index (κ1) is 26.2. The van der Waals surface area contributed by atoms with E-state index in [0.717, 1.165) is 34.9 Å². The minimum Gasteiger partial charge on any atom is -0.445 e. The van der Waals surface area contributed by atoms with Crippen molar-refractivity contribution < 1.29 is 19.1 Å². The summed E-state index contributed by atoms with van der Waals surface area (Å²) < 4.78 is 5.35. The number of hydrogen-bond donors (Lipinski definition) is 4. The highest BCUT2D eigenvalue weighted by Gasteiger charge is 2.33. The van der Waals surface area contributed by atoms with Crippen LogP contribution in [0.1, 0.15) is 37.8 Å². The van der Waals surface area contributed by atoms with Crippen LogP contribution in [-0.4, -0.2) is 58.5 Å². The number of nitrogens with zero attached hydrogens (tertiary/aromatic N) is 1. The molecular weight excluding hydrogens is 470 g/mol. The molecule has 0 spiro atoms. The second-order valence-corrected chi connectivity index (χ2v) is 10.1. The van der Waals surface area contributed by atoms with Crippen molar-refractivity contribution in [1.29, 1.82) is 0 Å². The van der Waals surface area contributed by atoms with Crippen LogP contribution < -0.4 is 16.4 Å². The maximum Gasteiger partial charge on any atom is 0.407 e. The number of nitrogens with one attached hydrogen (secondary N) is 3. The summed E-state index contributed by atoms with van der Waals surface area (Å²) >= 11 is 0. The molecule has 1 saturated heterocycles. The molecule has 9 nitrogen and oxygen atoms in total. The summed E-state index contributed by atoms with van der Waals surface area (Å²) in [5, 5.41) is 6.75. The largest absolute Gasteiger partial charge is 0.445 e. The molecule has 1 unspecified atom stereocenters. The zero-order chi connectivity index (χ0) is 26.4. The molecule has 5 N–H and O–H groups in total. The fourth-order valence-corrected chi connectivity index (χ4v) is 4.51. The van der Waals surface area contributed by atoms with Crippen molar-refractivity contribution in [3.63, 3.8) is 0 Å². The SMILES string of the molecule is CC(C)(N)C(=O)N[C@H](Cc1c[nH]c2ccccc12)C(=O)N1CCCC(NC(=O)OCc2ccccc2)C1. The third kappa shape index (κ3) is 6.89.